The van der Waals surface area contributed by atoms with Crippen LogP contribution in [0, 0.1) is 5.92 Å². The van der Waals surface area contributed by atoms with Crippen molar-refractivity contribution in [1.29, 1.82) is 0 Å². The van der Waals surface area contributed by atoms with Crippen molar-refractivity contribution in [1.82, 2.24) is 4.98 Å². The number of rotatable bonds is 4. The number of nitrogens with one attached hydrogen (secondary N) is 1. The molecule has 4 rings (SSSR count). The Labute approximate surface area is 161 Å². The molecule has 2 heterocycles. The monoisotopic (exact) mass is 383 g/mol. The van der Waals surface area contributed by atoms with Gasteiger partial charge in [-0.3, -0.25) is 19.9 Å². The molecule has 2 aromatic rings. The van der Waals surface area contributed by atoms with E-state index in [4.69, 9.17) is 5.73 Å². The molecule has 1 aromatic carbocycles. The van der Waals surface area contributed by atoms with Gasteiger partial charge in [-0.05, 0) is 37.3 Å². The third-order valence-corrected chi connectivity index (χ3v) is 5.96. The van der Waals surface area contributed by atoms with E-state index in [0.717, 1.165) is 30.6 Å². The highest BCUT2D eigenvalue weighted by Gasteiger charge is 2.35. The normalized spacial score (nSPS) is 21.5. The largest absolute Gasteiger partial charge is 0.368 e. The van der Waals surface area contributed by atoms with E-state index in [1.165, 1.54) is 21.2 Å². The number of aromatic nitrogens is 1. The SMILES string of the molecule is C[C@@H]1CCc2nc(NC(=O)C3=NN(c4ccccc4)[C@@H](C(N)=O)C3)sc2C1. The Kier molecular flexibility index (Phi) is 4.65. The van der Waals surface area contributed by atoms with Crippen molar-refractivity contribution in [3.05, 3.63) is 40.9 Å². The molecule has 7 nitrogen and oxygen atoms in total. The standard InChI is InChI=1S/C19H21N5O2S/c1-11-7-8-13-16(9-11)27-19(21-13)22-18(26)14-10-15(17(20)25)24(23-14)12-5-3-2-4-6-12/h2-6,11,15H,7-10H2,1H3,(H2,20,25)(H,21,22,26)/t11-,15-/m1/s1. The molecule has 0 bridgehead atoms. The summed E-state index contributed by atoms with van der Waals surface area (Å²) < 4.78 is 0. The number of hydrogen-bond acceptors (Lipinski definition) is 6. The maximum Gasteiger partial charge on any atom is 0.273 e. The van der Waals surface area contributed by atoms with E-state index in [1.54, 1.807) is 0 Å². The average molecular weight is 383 g/mol. The Morgan fingerprint density at radius 2 is 2.04 bits per heavy atom. The molecule has 0 saturated carbocycles. The van der Waals surface area contributed by atoms with Crippen LogP contribution in [-0.4, -0.2) is 28.6 Å². The van der Waals surface area contributed by atoms with E-state index in [2.05, 4.69) is 22.3 Å². The Balaban J connectivity index is 1.52. The van der Waals surface area contributed by atoms with E-state index in [-0.39, 0.29) is 18.0 Å². The van der Waals surface area contributed by atoms with Gasteiger partial charge in [-0.2, -0.15) is 5.10 Å². The number of carbonyl (C=O) groups excluding carboxylic acids is 2. The number of thiazole rings is 1. The van der Waals surface area contributed by atoms with Gasteiger partial charge in [0.1, 0.15) is 11.8 Å². The van der Waals surface area contributed by atoms with Crippen LogP contribution in [0.3, 0.4) is 0 Å². The zero-order chi connectivity index (χ0) is 19.0. The summed E-state index contributed by atoms with van der Waals surface area (Å²) in [7, 11) is 0. The van der Waals surface area contributed by atoms with Crippen LogP contribution in [0.25, 0.3) is 0 Å². The predicted molar refractivity (Wildman–Crippen MR) is 106 cm³/mol. The van der Waals surface area contributed by atoms with Crippen molar-refractivity contribution in [2.75, 3.05) is 10.3 Å². The summed E-state index contributed by atoms with van der Waals surface area (Å²) >= 11 is 1.53. The average Bonchev–Trinajstić information content (AvgIpc) is 3.26. The maximum atomic E-state index is 12.7. The summed E-state index contributed by atoms with van der Waals surface area (Å²) in [5.41, 5.74) is 7.62. The van der Waals surface area contributed by atoms with Crippen molar-refractivity contribution in [2.45, 2.75) is 38.6 Å². The molecule has 0 saturated heterocycles. The van der Waals surface area contributed by atoms with Crippen LogP contribution in [0.2, 0.25) is 0 Å². The highest BCUT2D eigenvalue weighted by Crippen LogP contribution is 2.32. The molecular formula is C19H21N5O2S. The zero-order valence-corrected chi connectivity index (χ0v) is 15.8. The second kappa shape index (κ2) is 7.11. The zero-order valence-electron chi connectivity index (χ0n) is 15.0. The van der Waals surface area contributed by atoms with Crippen molar-refractivity contribution in [2.24, 2.45) is 16.8 Å². The number of anilines is 2. The third-order valence-electron chi connectivity index (χ3n) is 4.93. The molecule has 8 heteroatoms. The number of primary amides is 1. The van der Waals surface area contributed by atoms with E-state index in [0.29, 0.717) is 11.0 Å². The number of aryl methyl sites for hydroxylation is 1. The van der Waals surface area contributed by atoms with Gasteiger partial charge >= 0.3 is 0 Å². The lowest BCUT2D eigenvalue weighted by molar-refractivity contribution is -0.119. The smallest absolute Gasteiger partial charge is 0.273 e. The number of hydrazone groups is 1. The van der Waals surface area contributed by atoms with Crippen LogP contribution in [-0.2, 0) is 22.4 Å². The molecule has 1 aromatic heterocycles. The molecule has 2 amide bonds. The fourth-order valence-corrected chi connectivity index (χ4v) is 4.62. The summed E-state index contributed by atoms with van der Waals surface area (Å²) in [5, 5.41) is 9.32. The van der Waals surface area contributed by atoms with Gasteiger partial charge in [-0.1, -0.05) is 25.1 Å². The van der Waals surface area contributed by atoms with Gasteiger partial charge in [-0.15, -0.1) is 11.3 Å². The molecule has 0 fully saturated rings. The lowest BCUT2D eigenvalue weighted by atomic mass is 9.93. The lowest BCUT2D eigenvalue weighted by Crippen LogP contribution is -2.39. The maximum absolute atomic E-state index is 12.7. The van der Waals surface area contributed by atoms with Gasteiger partial charge in [0, 0.05) is 11.3 Å². The van der Waals surface area contributed by atoms with E-state index >= 15 is 0 Å². The predicted octanol–water partition coefficient (Wildman–Crippen LogP) is 2.33. The molecule has 27 heavy (non-hydrogen) atoms. The van der Waals surface area contributed by atoms with Gasteiger partial charge in [0.05, 0.1) is 11.4 Å². The highest BCUT2D eigenvalue weighted by molar-refractivity contribution is 7.16. The van der Waals surface area contributed by atoms with Gasteiger partial charge in [0.25, 0.3) is 5.91 Å². The number of hydrogen-bond donors (Lipinski definition) is 2. The summed E-state index contributed by atoms with van der Waals surface area (Å²) in [6.45, 7) is 2.23. The van der Waals surface area contributed by atoms with Crippen LogP contribution in [0.15, 0.2) is 35.4 Å². The fourth-order valence-electron chi connectivity index (χ4n) is 3.45. The molecule has 0 spiro atoms. The van der Waals surface area contributed by atoms with Crippen LogP contribution in [0.1, 0.15) is 30.3 Å². The molecule has 1 aliphatic heterocycles. The van der Waals surface area contributed by atoms with E-state index < -0.39 is 11.9 Å². The van der Waals surface area contributed by atoms with Gasteiger partial charge in [0.15, 0.2) is 5.13 Å². The van der Waals surface area contributed by atoms with E-state index in [1.807, 2.05) is 30.3 Å². The number of nitrogens with zero attached hydrogens (tertiary/aromatic N) is 3. The molecule has 3 N–H and O–H groups in total. The first-order valence-corrected chi connectivity index (χ1v) is 9.84. The summed E-state index contributed by atoms with van der Waals surface area (Å²) in [4.78, 5) is 30.3. The Morgan fingerprint density at radius 3 is 2.78 bits per heavy atom. The first-order valence-electron chi connectivity index (χ1n) is 9.02. The van der Waals surface area contributed by atoms with Crippen molar-refractivity contribution in [3.63, 3.8) is 0 Å². The Hall–Kier alpha value is -2.74. The van der Waals surface area contributed by atoms with Gasteiger partial charge in [0.2, 0.25) is 5.91 Å². The molecule has 2 atom stereocenters. The van der Waals surface area contributed by atoms with Crippen molar-refractivity contribution >= 4 is 39.7 Å². The second-order valence-corrected chi connectivity index (χ2v) is 8.12. The minimum absolute atomic E-state index is 0.179. The molecule has 140 valence electrons. The second-order valence-electron chi connectivity index (χ2n) is 7.04. The minimum atomic E-state index is -0.668. The summed E-state index contributed by atoms with van der Waals surface area (Å²) in [5.74, 6) is -0.195. The number of nitrogens with two attached hydrogens (primary N) is 1. The lowest BCUT2D eigenvalue weighted by Gasteiger charge is -2.20. The Bertz CT molecular complexity index is 908. The van der Waals surface area contributed by atoms with Gasteiger partial charge < -0.3 is 5.73 Å². The van der Waals surface area contributed by atoms with Crippen molar-refractivity contribution < 1.29 is 9.59 Å². The van der Waals surface area contributed by atoms with Crippen LogP contribution in [0.4, 0.5) is 10.8 Å². The summed E-state index contributed by atoms with van der Waals surface area (Å²) in [6.07, 6.45) is 3.27. The fraction of sp³-hybridized carbons (Fsp3) is 0.368. The third kappa shape index (κ3) is 3.57. The van der Waals surface area contributed by atoms with Crippen LogP contribution < -0.4 is 16.1 Å². The first-order chi connectivity index (χ1) is 13.0. The number of fused-ring (bicyclic) bond motifs is 1. The number of benzene rings is 1. The van der Waals surface area contributed by atoms with Crippen LogP contribution >= 0.6 is 11.3 Å². The summed E-state index contributed by atoms with van der Waals surface area (Å²) in [6, 6.07) is 8.57. The molecule has 0 unspecified atom stereocenters. The van der Waals surface area contributed by atoms with Crippen LogP contribution in [0.5, 0.6) is 0 Å². The van der Waals surface area contributed by atoms with Crippen molar-refractivity contribution in [3.8, 4) is 0 Å². The molecule has 1 aliphatic carbocycles. The Morgan fingerprint density at radius 1 is 1.26 bits per heavy atom. The highest BCUT2D eigenvalue weighted by atomic mass is 32.1. The van der Waals surface area contributed by atoms with Gasteiger partial charge in [-0.25, -0.2) is 4.98 Å². The molecule has 2 aliphatic rings. The quantitative estimate of drug-likeness (QED) is 0.846. The molecular weight excluding hydrogens is 362 g/mol. The van der Waals surface area contributed by atoms with E-state index in [9.17, 15) is 9.59 Å². The minimum Gasteiger partial charge on any atom is -0.368 e. The molecule has 0 radical (unpaired) electrons. The topological polar surface area (TPSA) is 101 Å². The number of para-hydroxylation sites is 1. The number of carbonyl (C=O) groups is 2. The number of amides is 2. The first kappa shape index (κ1) is 17.7.